The summed E-state index contributed by atoms with van der Waals surface area (Å²) in [6.07, 6.45) is 2.49. The van der Waals surface area contributed by atoms with Crippen LogP contribution in [0, 0.1) is 10.8 Å². The topological polar surface area (TPSA) is 58.0 Å². The van der Waals surface area contributed by atoms with Crippen molar-refractivity contribution >= 4 is 0 Å². The van der Waals surface area contributed by atoms with Crippen LogP contribution < -0.4 is 0 Å². The van der Waals surface area contributed by atoms with E-state index in [2.05, 4.69) is 23.9 Å². The zero-order valence-corrected chi connectivity index (χ0v) is 8.16. The molecule has 0 aromatic heterocycles. The smallest absolute Gasteiger partial charge is 0.0638 e. The first-order valence-corrected chi connectivity index (χ1v) is 4.72. The molecule has 1 spiro atoms. The highest BCUT2D eigenvalue weighted by molar-refractivity contribution is 5.12. The number of hydrogen-bond donors (Lipinski definition) is 0. The van der Waals surface area contributed by atoms with Gasteiger partial charge in [0.25, 0.3) is 0 Å². The Labute approximate surface area is 77.9 Å². The molecule has 0 amide bonds. The molecule has 0 N–H and O–H groups in total. The van der Waals surface area contributed by atoms with Gasteiger partial charge in [-0.15, -0.1) is 0 Å². The van der Waals surface area contributed by atoms with Crippen molar-refractivity contribution in [1.82, 2.24) is 0 Å². The summed E-state index contributed by atoms with van der Waals surface area (Å²) >= 11 is 0. The van der Waals surface area contributed by atoms with E-state index in [-0.39, 0.29) is 6.10 Å². The number of azide groups is 1. The predicted molar refractivity (Wildman–Crippen MR) is 49.2 cm³/mol. The minimum Gasteiger partial charge on any atom is -0.377 e. The summed E-state index contributed by atoms with van der Waals surface area (Å²) in [6, 6.07) is 0. The molecule has 13 heavy (non-hydrogen) atoms. The molecule has 72 valence electrons. The van der Waals surface area contributed by atoms with Gasteiger partial charge >= 0.3 is 0 Å². The molecule has 2 atom stereocenters. The average Bonchev–Trinajstić information content (AvgIpc) is 2.46. The zero-order valence-electron chi connectivity index (χ0n) is 8.16. The monoisotopic (exact) mass is 181 g/mol. The molecule has 2 fully saturated rings. The van der Waals surface area contributed by atoms with Crippen molar-refractivity contribution in [3.63, 3.8) is 0 Å². The van der Waals surface area contributed by atoms with E-state index in [1.807, 2.05) is 0 Å². The Morgan fingerprint density at radius 2 is 2.31 bits per heavy atom. The van der Waals surface area contributed by atoms with E-state index in [4.69, 9.17) is 10.3 Å². The Balaban J connectivity index is 1.92. The van der Waals surface area contributed by atoms with Crippen LogP contribution in [0.2, 0.25) is 0 Å². The second-order valence-corrected chi connectivity index (χ2v) is 4.89. The largest absolute Gasteiger partial charge is 0.377 e. The molecule has 0 aromatic rings. The predicted octanol–water partition coefficient (Wildman–Crippen LogP) is 2.50. The van der Waals surface area contributed by atoms with Crippen LogP contribution in [0.1, 0.15) is 26.7 Å². The van der Waals surface area contributed by atoms with Crippen LogP contribution in [0.25, 0.3) is 10.4 Å². The molecule has 1 aliphatic heterocycles. The lowest BCUT2D eigenvalue weighted by Crippen LogP contribution is -2.10. The first-order valence-electron chi connectivity index (χ1n) is 4.72. The Morgan fingerprint density at radius 1 is 1.62 bits per heavy atom. The molecule has 4 nitrogen and oxygen atoms in total. The third-order valence-corrected chi connectivity index (χ3v) is 3.65. The van der Waals surface area contributed by atoms with Crippen molar-refractivity contribution in [2.24, 2.45) is 15.9 Å². The van der Waals surface area contributed by atoms with Crippen molar-refractivity contribution in [1.29, 1.82) is 0 Å². The zero-order chi connectivity index (χ0) is 9.53. The summed E-state index contributed by atoms with van der Waals surface area (Å²) < 4.78 is 5.60. The lowest BCUT2D eigenvalue weighted by molar-refractivity contribution is 0.108. The van der Waals surface area contributed by atoms with E-state index in [0.717, 1.165) is 13.0 Å². The van der Waals surface area contributed by atoms with E-state index in [0.29, 0.717) is 17.4 Å². The fourth-order valence-electron chi connectivity index (χ4n) is 2.47. The quantitative estimate of drug-likeness (QED) is 0.367. The van der Waals surface area contributed by atoms with Crippen LogP contribution in [0.4, 0.5) is 0 Å². The standard InChI is InChI=1S/C9H15N3O/c1-8(2)5-9(8)3-7(13-6-9)4-11-12-10/h7H,3-6H2,1-2H3/t7-,9-/m0/s1. The molecule has 1 aliphatic carbocycles. The number of nitrogens with zero attached hydrogens (tertiary/aromatic N) is 3. The highest BCUT2D eigenvalue weighted by atomic mass is 16.5. The van der Waals surface area contributed by atoms with Gasteiger partial charge in [-0.1, -0.05) is 19.0 Å². The Kier molecular flexibility index (Phi) is 1.79. The van der Waals surface area contributed by atoms with Crippen LogP contribution in [-0.4, -0.2) is 19.3 Å². The molecule has 1 saturated carbocycles. The molecule has 0 unspecified atom stereocenters. The fraction of sp³-hybridized carbons (Fsp3) is 1.00. The van der Waals surface area contributed by atoms with Crippen molar-refractivity contribution < 1.29 is 4.74 Å². The second-order valence-electron chi connectivity index (χ2n) is 4.89. The van der Waals surface area contributed by atoms with Gasteiger partial charge in [0.05, 0.1) is 19.3 Å². The van der Waals surface area contributed by atoms with E-state index in [9.17, 15) is 0 Å². The third kappa shape index (κ3) is 1.30. The highest BCUT2D eigenvalue weighted by Crippen LogP contribution is 2.68. The summed E-state index contributed by atoms with van der Waals surface area (Å²) in [7, 11) is 0. The molecule has 0 radical (unpaired) electrons. The minimum atomic E-state index is 0.165. The van der Waals surface area contributed by atoms with Gasteiger partial charge in [0.2, 0.25) is 0 Å². The number of hydrogen-bond acceptors (Lipinski definition) is 2. The molecule has 2 aliphatic rings. The molecule has 4 heteroatoms. The van der Waals surface area contributed by atoms with Gasteiger partial charge < -0.3 is 4.74 Å². The van der Waals surface area contributed by atoms with Crippen molar-refractivity contribution in [3.05, 3.63) is 10.4 Å². The lowest BCUT2D eigenvalue weighted by Gasteiger charge is -2.09. The van der Waals surface area contributed by atoms with Crippen LogP contribution in [-0.2, 0) is 4.74 Å². The second kappa shape index (κ2) is 2.63. The van der Waals surface area contributed by atoms with Gasteiger partial charge in [-0.05, 0) is 23.8 Å². The maximum absolute atomic E-state index is 8.18. The Morgan fingerprint density at radius 3 is 2.77 bits per heavy atom. The van der Waals surface area contributed by atoms with Crippen molar-refractivity contribution in [2.75, 3.05) is 13.2 Å². The van der Waals surface area contributed by atoms with Gasteiger partial charge in [-0.25, -0.2) is 0 Å². The summed E-state index contributed by atoms with van der Waals surface area (Å²) in [5.41, 5.74) is 9.03. The first kappa shape index (κ1) is 8.85. The third-order valence-electron chi connectivity index (χ3n) is 3.65. The van der Waals surface area contributed by atoms with E-state index in [1.165, 1.54) is 6.42 Å². The van der Waals surface area contributed by atoms with E-state index < -0.39 is 0 Å². The maximum atomic E-state index is 8.18. The first-order chi connectivity index (χ1) is 6.10. The van der Waals surface area contributed by atoms with Crippen LogP contribution in [0.5, 0.6) is 0 Å². The van der Waals surface area contributed by atoms with Crippen molar-refractivity contribution in [2.45, 2.75) is 32.8 Å². The molecule has 0 bridgehead atoms. The van der Waals surface area contributed by atoms with Crippen LogP contribution in [0.15, 0.2) is 5.11 Å². The van der Waals surface area contributed by atoms with E-state index in [1.54, 1.807) is 0 Å². The summed E-state index contributed by atoms with van der Waals surface area (Å²) in [5.74, 6) is 0. The molecule has 1 heterocycles. The lowest BCUT2D eigenvalue weighted by atomic mass is 9.93. The minimum absolute atomic E-state index is 0.165. The van der Waals surface area contributed by atoms with Gasteiger partial charge in [0.15, 0.2) is 0 Å². The molecular weight excluding hydrogens is 166 g/mol. The van der Waals surface area contributed by atoms with Crippen LogP contribution >= 0.6 is 0 Å². The molecule has 0 aromatic carbocycles. The van der Waals surface area contributed by atoms with Crippen LogP contribution in [0.3, 0.4) is 0 Å². The van der Waals surface area contributed by atoms with E-state index >= 15 is 0 Å². The van der Waals surface area contributed by atoms with Gasteiger partial charge in [-0.2, -0.15) is 0 Å². The fourth-order valence-corrected chi connectivity index (χ4v) is 2.47. The summed E-state index contributed by atoms with van der Waals surface area (Å²) in [6.45, 7) is 5.92. The molecule has 1 saturated heterocycles. The molecule has 2 rings (SSSR count). The van der Waals surface area contributed by atoms with Gasteiger partial charge in [0.1, 0.15) is 0 Å². The highest BCUT2D eigenvalue weighted by Gasteiger charge is 2.64. The van der Waals surface area contributed by atoms with Crippen molar-refractivity contribution in [3.8, 4) is 0 Å². The SMILES string of the molecule is CC1(C)C[C@@]12CO[C@H](CN=[N+]=[N-])C2. The molecular formula is C9H15N3O. The van der Waals surface area contributed by atoms with Gasteiger partial charge in [-0.3, -0.25) is 0 Å². The normalized spacial score (nSPS) is 40.3. The maximum Gasteiger partial charge on any atom is 0.0638 e. The van der Waals surface area contributed by atoms with Gasteiger partial charge in [0, 0.05) is 10.3 Å². The Bertz CT molecular complexity index is 270. The number of ether oxygens (including phenoxy) is 1. The summed E-state index contributed by atoms with van der Waals surface area (Å²) in [5, 5.41) is 3.55. The summed E-state index contributed by atoms with van der Waals surface area (Å²) in [4.78, 5) is 2.75. The average molecular weight is 181 g/mol. The Hall–Kier alpha value is -0.730. The number of rotatable bonds is 2.